The fraction of sp³-hybridized carbons (Fsp3) is 0.400. The maximum atomic E-state index is 12.3. The fourth-order valence-corrected chi connectivity index (χ4v) is 2.28. The van der Waals surface area contributed by atoms with Crippen LogP contribution in [0.2, 0.25) is 0 Å². The van der Waals surface area contributed by atoms with Crippen LogP contribution in [0.1, 0.15) is 25.8 Å². The molecule has 1 aliphatic rings. The van der Waals surface area contributed by atoms with Gasteiger partial charge in [0.2, 0.25) is 5.91 Å². The summed E-state index contributed by atoms with van der Waals surface area (Å²) < 4.78 is 0. The number of nitrogens with zero attached hydrogens (tertiary/aromatic N) is 2. The molecule has 1 heterocycles. The van der Waals surface area contributed by atoms with Crippen molar-refractivity contribution in [3.8, 4) is 0 Å². The van der Waals surface area contributed by atoms with Crippen molar-refractivity contribution < 1.29 is 4.79 Å². The number of anilines is 1. The Morgan fingerprint density at radius 2 is 2.21 bits per heavy atom. The molecule has 1 aliphatic heterocycles. The van der Waals surface area contributed by atoms with Crippen LogP contribution in [-0.2, 0) is 4.79 Å². The predicted molar refractivity (Wildman–Crippen MR) is 76.8 cm³/mol. The molecule has 1 aromatic carbocycles. The molecule has 98 valence electrons. The van der Waals surface area contributed by atoms with Gasteiger partial charge in [-0.2, -0.15) is 0 Å². The van der Waals surface area contributed by atoms with Crippen LogP contribution in [0.25, 0.3) is 4.85 Å². The van der Waals surface area contributed by atoms with E-state index in [1.165, 1.54) is 0 Å². The van der Waals surface area contributed by atoms with Gasteiger partial charge in [0.1, 0.15) is 0 Å². The van der Waals surface area contributed by atoms with Crippen LogP contribution >= 0.6 is 0 Å². The molecule has 1 unspecified atom stereocenters. The van der Waals surface area contributed by atoms with Crippen molar-refractivity contribution in [2.75, 3.05) is 11.9 Å². The molecule has 2 rings (SSSR count). The number of hydrogen-bond donors (Lipinski definition) is 1. The molecule has 0 aromatic heterocycles. The van der Waals surface area contributed by atoms with E-state index in [-0.39, 0.29) is 5.91 Å². The predicted octanol–water partition coefficient (Wildman–Crippen LogP) is 3.36. The minimum absolute atomic E-state index is 0.0111. The summed E-state index contributed by atoms with van der Waals surface area (Å²) >= 11 is 0. The Labute approximate surface area is 113 Å². The van der Waals surface area contributed by atoms with Gasteiger partial charge < -0.3 is 5.32 Å². The highest BCUT2D eigenvalue weighted by atomic mass is 16.2. The van der Waals surface area contributed by atoms with Crippen LogP contribution in [0.5, 0.6) is 0 Å². The first kappa shape index (κ1) is 13.3. The van der Waals surface area contributed by atoms with E-state index in [9.17, 15) is 4.79 Å². The quantitative estimate of drug-likeness (QED) is 0.809. The van der Waals surface area contributed by atoms with Crippen molar-refractivity contribution in [1.29, 1.82) is 0 Å². The van der Waals surface area contributed by atoms with Gasteiger partial charge in [-0.05, 0) is 38.5 Å². The lowest BCUT2D eigenvalue weighted by molar-refractivity contribution is -0.123. The number of hydrogen-bond acceptors (Lipinski definition) is 2. The van der Waals surface area contributed by atoms with Crippen LogP contribution in [0.3, 0.4) is 0 Å². The molecule has 0 bridgehead atoms. The summed E-state index contributed by atoms with van der Waals surface area (Å²) in [5.41, 5.74) is 2.80. The average molecular weight is 255 g/mol. The molecule has 4 nitrogen and oxygen atoms in total. The van der Waals surface area contributed by atoms with Crippen molar-refractivity contribution >= 4 is 23.0 Å². The largest absolute Gasteiger partial charge is 0.326 e. The molecule has 4 heteroatoms. The molecule has 1 atom stereocenters. The van der Waals surface area contributed by atoms with Crippen molar-refractivity contribution in [2.45, 2.75) is 27.2 Å². The molecule has 19 heavy (non-hydrogen) atoms. The van der Waals surface area contributed by atoms with Gasteiger partial charge in [0.05, 0.1) is 18.5 Å². The summed E-state index contributed by atoms with van der Waals surface area (Å²) in [6, 6.07) is 5.33. The SMILES string of the molecule is [C-]#[N+]c1ccc(NC(=O)C2(C)CN=C(C)C2)cc1C. The highest BCUT2D eigenvalue weighted by Crippen LogP contribution is 2.30. The number of rotatable bonds is 2. The molecule has 1 amide bonds. The van der Waals surface area contributed by atoms with Gasteiger partial charge in [0.25, 0.3) is 0 Å². The summed E-state index contributed by atoms with van der Waals surface area (Å²) in [4.78, 5) is 20.0. The van der Waals surface area contributed by atoms with E-state index in [0.29, 0.717) is 18.7 Å². The lowest BCUT2D eigenvalue weighted by Gasteiger charge is -2.21. The molecular formula is C15H17N3O. The van der Waals surface area contributed by atoms with Gasteiger partial charge in [0.15, 0.2) is 5.69 Å². The molecule has 0 saturated heterocycles. The molecule has 0 radical (unpaired) electrons. The Hall–Kier alpha value is -2.15. The zero-order valence-electron chi connectivity index (χ0n) is 11.4. The summed E-state index contributed by atoms with van der Waals surface area (Å²) in [5, 5.41) is 2.92. The zero-order valence-corrected chi connectivity index (χ0v) is 11.4. The summed E-state index contributed by atoms with van der Waals surface area (Å²) in [6.07, 6.45) is 0.706. The van der Waals surface area contributed by atoms with Crippen molar-refractivity contribution in [3.63, 3.8) is 0 Å². The van der Waals surface area contributed by atoms with Crippen LogP contribution in [0.15, 0.2) is 23.2 Å². The third-order valence-corrected chi connectivity index (χ3v) is 3.47. The van der Waals surface area contributed by atoms with E-state index in [1.807, 2.05) is 26.8 Å². The first-order valence-electron chi connectivity index (χ1n) is 6.24. The zero-order chi connectivity index (χ0) is 14.0. The van der Waals surface area contributed by atoms with Crippen LogP contribution < -0.4 is 5.32 Å². The maximum Gasteiger partial charge on any atom is 0.232 e. The van der Waals surface area contributed by atoms with E-state index >= 15 is 0 Å². The number of carbonyl (C=O) groups excluding carboxylic acids is 1. The summed E-state index contributed by atoms with van der Waals surface area (Å²) in [5.74, 6) is -0.0111. The third-order valence-electron chi connectivity index (χ3n) is 3.47. The van der Waals surface area contributed by atoms with E-state index in [1.54, 1.807) is 12.1 Å². The number of benzene rings is 1. The van der Waals surface area contributed by atoms with Crippen LogP contribution in [0.4, 0.5) is 11.4 Å². The summed E-state index contributed by atoms with van der Waals surface area (Å²) in [6.45, 7) is 13.3. The van der Waals surface area contributed by atoms with Gasteiger partial charge in [0, 0.05) is 17.8 Å². The van der Waals surface area contributed by atoms with Crippen molar-refractivity contribution in [3.05, 3.63) is 35.2 Å². The molecule has 1 aromatic rings. The van der Waals surface area contributed by atoms with E-state index in [4.69, 9.17) is 6.57 Å². The number of nitrogens with one attached hydrogen (secondary N) is 1. The highest BCUT2D eigenvalue weighted by Gasteiger charge is 2.37. The van der Waals surface area contributed by atoms with Gasteiger partial charge in [-0.15, -0.1) is 0 Å². The fourth-order valence-electron chi connectivity index (χ4n) is 2.28. The van der Waals surface area contributed by atoms with Crippen molar-refractivity contribution in [1.82, 2.24) is 0 Å². The number of carbonyl (C=O) groups is 1. The second kappa shape index (κ2) is 4.85. The second-order valence-corrected chi connectivity index (χ2v) is 5.36. The molecular weight excluding hydrogens is 238 g/mol. The number of aryl methyl sites for hydroxylation is 1. The second-order valence-electron chi connectivity index (χ2n) is 5.36. The van der Waals surface area contributed by atoms with E-state index in [2.05, 4.69) is 15.2 Å². The number of amides is 1. The Kier molecular flexibility index (Phi) is 3.39. The first-order valence-corrected chi connectivity index (χ1v) is 6.24. The van der Waals surface area contributed by atoms with Gasteiger partial charge in [-0.1, -0.05) is 6.07 Å². The monoisotopic (exact) mass is 255 g/mol. The Bertz CT molecular complexity index is 598. The summed E-state index contributed by atoms with van der Waals surface area (Å²) in [7, 11) is 0. The van der Waals surface area contributed by atoms with Crippen LogP contribution in [0, 0.1) is 18.9 Å². The lowest BCUT2D eigenvalue weighted by Crippen LogP contribution is -2.34. The van der Waals surface area contributed by atoms with Crippen LogP contribution in [-0.4, -0.2) is 18.2 Å². The average Bonchev–Trinajstić information content (AvgIpc) is 2.71. The lowest BCUT2D eigenvalue weighted by atomic mass is 9.86. The Morgan fingerprint density at radius 3 is 2.74 bits per heavy atom. The highest BCUT2D eigenvalue weighted by molar-refractivity contribution is 6.00. The van der Waals surface area contributed by atoms with Crippen molar-refractivity contribution in [2.24, 2.45) is 10.4 Å². The normalized spacial score (nSPS) is 21.7. The Balaban J connectivity index is 2.12. The van der Waals surface area contributed by atoms with E-state index in [0.717, 1.165) is 17.0 Å². The maximum absolute atomic E-state index is 12.3. The minimum atomic E-state index is -0.448. The Morgan fingerprint density at radius 1 is 1.47 bits per heavy atom. The molecule has 1 N–H and O–H groups in total. The van der Waals surface area contributed by atoms with Gasteiger partial charge in [-0.3, -0.25) is 9.79 Å². The molecule has 0 saturated carbocycles. The van der Waals surface area contributed by atoms with Gasteiger partial charge >= 0.3 is 0 Å². The molecule has 0 fully saturated rings. The smallest absolute Gasteiger partial charge is 0.232 e. The topological polar surface area (TPSA) is 45.8 Å². The molecule has 0 spiro atoms. The third kappa shape index (κ3) is 2.65. The van der Waals surface area contributed by atoms with E-state index < -0.39 is 5.41 Å². The first-order chi connectivity index (χ1) is 8.94. The molecule has 0 aliphatic carbocycles. The number of aliphatic imine (C=N–C) groups is 1. The van der Waals surface area contributed by atoms with Gasteiger partial charge in [-0.25, -0.2) is 4.85 Å². The minimum Gasteiger partial charge on any atom is -0.326 e. The standard InChI is InChI=1S/C15H17N3O/c1-10-7-12(5-6-13(10)16-4)18-14(19)15(3)8-11(2)17-9-15/h5-7H,8-9H2,1-3H3,(H,18,19).